The normalized spacial score (nSPS) is 12.3. The maximum absolute atomic E-state index is 4.68. The summed E-state index contributed by atoms with van der Waals surface area (Å²) in [6, 6.07) is 10.6. The number of rotatable bonds is 6. The second-order valence-electron chi connectivity index (χ2n) is 6.55. The lowest BCUT2D eigenvalue weighted by atomic mass is 9.85. The van der Waals surface area contributed by atoms with Crippen LogP contribution in [0.25, 0.3) is 0 Å². The lowest BCUT2D eigenvalue weighted by Crippen LogP contribution is -2.43. The standard InChI is InChI=1S/C19H28N4S/c1-6-20-18(21-12-17-23-14(2)15(3)24-17)22-13-19(4,5)16-10-8-7-9-11-16/h7-11H,6,12-13H2,1-5H3,(H2,20,21,22). The fraction of sp³-hybridized carbons (Fsp3) is 0.474. The lowest BCUT2D eigenvalue weighted by molar-refractivity contribution is 0.508. The molecular weight excluding hydrogens is 316 g/mol. The Labute approximate surface area is 149 Å². The molecule has 1 aromatic heterocycles. The molecule has 0 spiro atoms. The van der Waals surface area contributed by atoms with Gasteiger partial charge in [0.2, 0.25) is 0 Å². The molecule has 0 fully saturated rings. The average Bonchev–Trinajstić information content (AvgIpc) is 2.89. The number of nitrogens with zero attached hydrogens (tertiary/aromatic N) is 2. The number of benzene rings is 1. The number of nitrogens with one attached hydrogen (secondary N) is 2. The van der Waals surface area contributed by atoms with Gasteiger partial charge in [0, 0.05) is 23.4 Å². The topological polar surface area (TPSA) is 49.3 Å². The molecule has 24 heavy (non-hydrogen) atoms. The van der Waals surface area contributed by atoms with E-state index in [0.29, 0.717) is 6.54 Å². The van der Waals surface area contributed by atoms with E-state index >= 15 is 0 Å². The van der Waals surface area contributed by atoms with Gasteiger partial charge in [-0.2, -0.15) is 0 Å². The van der Waals surface area contributed by atoms with Crippen LogP contribution in [0.2, 0.25) is 0 Å². The number of guanidine groups is 1. The van der Waals surface area contributed by atoms with Gasteiger partial charge in [-0.15, -0.1) is 11.3 Å². The van der Waals surface area contributed by atoms with E-state index in [1.54, 1.807) is 11.3 Å². The van der Waals surface area contributed by atoms with E-state index in [0.717, 1.165) is 29.8 Å². The number of aryl methyl sites for hydroxylation is 2. The number of aromatic nitrogens is 1. The molecule has 0 unspecified atom stereocenters. The molecule has 0 saturated carbocycles. The first kappa shape index (κ1) is 18.5. The molecular formula is C19H28N4S. The van der Waals surface area contributed by atoms with Gasteiger partial charge in [0.1, 0.15) is 5.01 Å². The molecule has 0 saturated heterocycles. The SMILES string of the molecule is CCNC(=NCc1nc(C)c(C)s1)NCC(C)(C)c1ccccc1. The zero-order chi connectivity index (χ0) is 17.6. The minimum absolute atomic E-state index is 0.0335. The molecule has 0 amide bonds. The van der Waals surface area contributed by atoms with Gasteiger partial charge in [-0.1, -0.05) is 44.2 Å². The number of aliphatic imine (C=N–C) groups is 1. The largest absolute Gasteiger partial charge is 0.357 e. The fourth-order valence-corrected chi connectivity index (χ4v) is 3.25. The highest BCUT2D eigenvalue weighted by Crippen LogP contribution is 2.21. The predicted octanol–water partition coefficient (Wildman–Crippen LogP) is 3.79. The summed E-state index contributed by atoms with van der Waals surface area (Å²) in [5.74, 6) is 0.840. The molecule has 1 aromatic carbocycles. The zero-order valence-corrected chi connectivity index (χ0v) is 16.1. The van der Waals surface area contributed by atoms with E-state index in [1.165, 1.54) is 10.4 Å². The summed E-state index contributed by atoms with van der Waals surface area (Å²) in [5.41, 5.74) is 2.46. The Morgan fingerprint density at radius 2 is 1.88 bits per heavy atom. The Balaban J connectivity index is 2.01. The quantitative estimate of drug-likeness (QED) is 0.619. The molecule has 2 rings (SSSR count). The molecule has 0 atom stereocenters. The molecule has 0 aliphatic heterocycles. The van der Waals surface area contributed by atoms with E-state index in [-0.39, 0.29) is 5.41 Å². The summed E-state index contributed by atoms with van der Waals surface area (Å²) in [5, 5.41) is 7.84. The third-order valence-corrected chi connectivity index (χ3v) is 5.10. The zero-order valence-electron chi connectivity index (χ0n) is 15.3. The first-order chi connectivity index (χ1) is 11.4. The smallest absolute Gasteiger partial charge is 0.191 e. The van der Waals surface area contributed by atoms with Crippen molar-refractivity contribution in [2.45, 2.75) is 46.6 Å². The summed E-state index contributed by atoms with van der Waals surface area (Å²) >= 11 is 1.72. The number of hydrogen-bond donors (Lipinski definition) is 2. The van der Waals surface area contributed by atoms with E-state index in [4.69, 9.17) is 0 Å². The third-order valence-electron chi connectivity index (χ3n) is 4.04. The monoisotopic (exact) mass is 344 g/mol. The maximum atomic E-state index is 4.68. The van der Waals surface area contributed by atoms with E-state index in [9.17, 15) is 0 Å². The van der Waals surface area contributed by atoms with E-state index in [2.05, 4.69) is 78.6 Å². The Kier molecular flexibility index (Phi) is 6.37. The molecule has 2 N–H and O–H groups in total. The third kappa shape index (κ3) is 5.06. The van der Waals surface area contributed by atoms with Crippen LogP contribution >= 0.6 is 11.3 Å². The van der Waals surface area contributed by atoms with Crippen LogP contribution in [-0.2, 0) is 12.0 Å². The van der Waals surface area contributed by atoms with Crippen molar-refractivity contribution in [3.05, 3.63) is 51.5 Å². The van der Waals surface area contributed by atoms with Crippen LogP contribution in [-0.4, -0.2) is 24.0 Å². The van der Waals surface area contributed by atoms with Crippen molar-refractivity contribution in [1.82, 2.24) is 15.6 Å². The molecule has 0 aliphatic carbocycles. The van der Waals surface area contributed by atoms with Gasteiger partial charge in [0.05, 0.1) is 12.2 Å². The van der Waals surface area contributed by atoms with E-state index < -0.39 is 0 Å². The Hall–Kier alpha value is -1.88. The van der Waals surface area contributed by atoms with Gasteiger partial charge >= 0.3 is 0 Å². The highest BCUT2D eigenvalue weighted by Gasteiger charge is 2.20. The van der Waals surface area contributed by atoms with Crippen LogP contribution in [0.5, 0.6) is 0 Å². The first-order valence-electron chi connectivity index (χ1n) is 8.43. The van der Waals surface area contributed by atoms with Crippen molar-refractivity contribution in [1.29, 1.82) is 0 Å². The molecule has 0 bridgehead atoms. The van der Waals surface area contributed by atoms with Gasteiger partial charge in [-0.25, -0.2) is 9.98 Å². The molecule has 130 valence electrons. The van der Waals surface area contributed by atoms with Crippen LogP contribution < -0.4 is 10.6 Å². The Morgan fingerprint density at radius 1 is 1.17 bits per heavy atom. The Bertz CT molecular complexity index is 654. The Morgan fingerprint density at radius 3 is 2.46 bits per heavy atom. The van der Waals surface area contributed by atoms with Gasteiger partial charge in [0.15, 0.2) is 5.96 Å². The summed E-state index contributed by atoms with van der Waals surface area (Å²) < 4.78 is 0. The van der Waals surface area contributed by atoms with E-state index in [1.807, 2.05) is 6.92 Å². The maximum Gasteiger partial charge on any atom is 0.191 e. The molecule has 1 heterocycles. The summed E-state index contributed by atoms with van der Waals surface area (Å²) in [6.45, 7) is 13.0. The average molecular weight is 345 g/mol. The summed E-state index contributed by atoms with van der Waals surface area (Å²) in [6.07, 6.45) is 0. The van der Waals surface area contributed by atoms with Crippen molar-refractivity contribution < 1.29 is 0 Å². The molecule has 5 heteroatoms. The second-order valence-corrected chi connectivity index (χ2v) is 7.84. The molecule has 0 aliphatic rings. The predicted molar refractivity (Wildman–Crippen MR) is 104 cm³/mol. The van der Waals surface area contributed by atoms with Gasteiger partial charge in [-0.3, -0.25) is 0 Å². The number of hydrogen-bond acceptors (Lipinski definition) is 3. The minimum atomic E-state index is 0.0335. The van der Waals surface area contributed by atoms with Gasteiger partial charge < -0.3 is 10.6 Å². The van der Waals surface area contributed by atoms with Crippen molar-refractivity contribution in [3.63, 3.8) is 0 Å². The molecule has 0 radical (unpaired) electrons. The second kappa shape index (κ2) is 8.29. The summed E-state index contributed by atoms with van der Waals surface area (Å²) in [4.78, 5) is 10.5. The van der Waals surface area contributed by atoms with Crippen molar-refractivity contribution in [2.75, 3.05) is 13.1 Å². The fourth-order valence-electron chi connectivity index (χ4n) is 2.39. The van der Waals surface area contributed by atoms with Crippen LogP contribution in [0.3, 0.4) is 0 Å². The van der Waals surface area contributed by atoms with Crippen molar-refractivity contribution in [2.24, 2.45) is 4.99 Å². The highest BCUT2D eigenvalue weighted by atomic mass is 32.1. The van der Waals surface area contributed by atoms with Crippen LogP contribution in [0.4, 0.5) is 0 Å². The molecule has 4 nitrogen and oxygen atoms in total. The van der Waals surface area contributed by atoms with Crippen LogP contribution in [0, 0.1) is 13.8 Å². The molecule has 2 aromatic rings. The van der Waals surface area contributed by atoms with Crippen LogP contribution in [0.15, 0.2) is 35.3 Å². The van der Waals surface area contributed by atoms with Crippen LogP contribution in [0.1, 0.15) is 41.9 Å². The first-order valence-corrected chi connectivity index (χ1v) is 9.24. The van der Waals surface area contributed by atoms with Crippen molar-refractivity contribution >= 4 is 17.3 Å². The summed E-state index contributed by atoms with van der Waals surface area (Å²) in [7, 11) is 0. The van der Waals surface area contributed by atoms with Gasteiger partial charge in [-0.05, 0) is 26.3 Å². The number of thiazole rings is 1. The lowest BCUT2D eigenvalue weighted by Gasteiger charge is -2.26. The minimum Gasteiger partial charge on any atom is -0.357 e. The van der Waals surface area contributed by atoms with Crippen molar-refractivity contribution in [3.8, 4) is 0 Å². The van der Waals surface area contributed by atoms with Gasteiger partial charge in [0.25, 0.3) is 0 Å². The highest BCUT2D eigenvalue weighted by molar-refractivity contribution is 7.11.